The molecule has 2 amide bonds. The molecule has 2 aliphatic rings. The van der Waals surface area contributed by atoms with Gasteiger partial charge in [-0.1, -0.05) is 12.1 Å². The summed E-state index contributed by atoms with van der Waals surface area (Å²) in [7, 11) is 3.69. The van der Waals surface area contributed by atoms with Crippen LogP contribution < -0.4 is 20.7 Å². The SMILES string of the molecule is COc1ccc(NC(=O)N2CCc3ccc(-c4cc(N5CCN(C)CC5)nc(N)n4)cc3C2)cn1. The lowest BCUT2D eigenvalue weighted by molar-refractivity contribution is 0.206. The topological polar surface area (TPSA) is 113 Å². The summed E-state index contributed by atoms with van der Waals surface area (Å²) in [5.74, 6) is 1.62. The van der Waals surface area contributed by atoms with E-state index in [0.717, 1.165) is 55.2 Å². The Labute approximate surface area is 204 Å². The molecule has 35 heavy (non-hydrogen) atoms. The third-order valence-corrected chi connectivity index (χ3v) is 6.56. The smallest absolute Gasteiger partial charge is 0.322 e. The fraction of sp³-hybridized carbons (Fsp3) is 0.360. The van der Waals surface area contributed by atoms with Crippen molar-refractivity contribution in [3.8, 4) is 17.1 Å². The van der Waals surface area contributed by atoms with Crippen LogP contribution in [0.25, 0.3) is 11.3 Å². The van der Waals surface area contributed by atoms with Gasteiger partial charge in [-0.3, -0.25) is 0 Å². The van der Waals surface area contributed by atoms with Crippen LogP contribution in [0.15, 0.2) is 42.6 Å². The van der Waals surface area contributed by atoms with E-state index in [1.807, 2.05) is 6.07 Å². The number of nitrogens with one attached hydrogen (secondary N) is 1. The number of hydrogen-bond donors (Lipinski definition) is 2. The van der Waals surface area contributed by atoms with E-state index in [1.54, 1.807) is 30.3 Å². The highest BCUT2D eigenvalue weighted by molar-refractivity contribution is 5.89. The fourth-order valence-corrected chi connectivity index (χ4v) is 4.47. The molecule has 3 aromatic rings. The maximum absolute atomic E-state index is 12.9. The molecule has 3 N–H and O–H groups in total. The number of hydrogen-bond acceptors (Lipinski definition) is 8. The van der Waals surface area contributed by atoms with Gasteiger partial charge in [0, 0.05) is 57.0 Å². The number of benzene rings is 1. The monoisotopic (exact) mass is 474 g/mol. The summed E-state index contributed by atoms with van der Waals surface area (Å²) >= 11 is 0. The van der Waals surface area contributed by atoms with Crippen LogP contribution in [-0.2, 0) is 13.0 Å². The number of carbonyl (C=O) groups excluding carboxylic acids is 1. The van der Waals surface area contributed by atoms with Gasteiger partial charge in [0.2, 0.25) is 11.8 Å². The number of nitrogens with zero attached hydrogens (tertiary/aromatic N) is 6. The predicted molar refractivity (Wildman–Crippen MR) is 136 cm³/mol. The third-order valence-electron chi connectivity index (χ3n) is 6.56. The Morgan fingerprint density at radius 3 is 2.60 bits per heavy atom. The number of carbonyl (C=O) groups is 1. The van der Waals surface area contributed by atoms with E-state index in [0.29, 0.717) is 24.7 Å². The maximum atomic E-state index is 12.9. The molecule has 0 radical (unpaired) electrons. The number of piperazine rings is 1. The van der Waals surface area contributed by atoms with E-state index >= 15 is 0 Å². The first kappa shape index (κ1) is 22.9. The number of rotatable bonds is 4. The Kier molecular flexibility index (Phi) is 6.37. The van der Waals surface area contributed by atoms with Crippen LogP contribution in [0.5, 0.6) is 5.88 Å². The van der Waals surface area contributed by atoms with Gasteiger partial charge in [-0.2, -0.15) is 4.98 Å². The summed E-state index contributed by atoms with van der Waals surface area (Å²) in [6.45, 7) is 4.96. The molecule has 10 nitrogen and oxygen atoms in total. The number of anilines is 3. The molecule has 4 heterocycles. The van der Waals surface area contributed by atoms with Crippen LogP contribution in [0.3, 0.4) is 0 Å². The fourth-order valence-electron chi connectivity index (χ4n) is 4.47. The minimum atomic E-state index is -0.156. The lowest BCUT2D eigenvalue weighted by Gasteiger charge is -2.33. The second-order valence-corrected chi connectivity index (χ2v) is 8.93. The van der Waals surface area contributed by atoms with Gasteiger partial charge in [-0.05, 0) is 36.7 Å². The maximum Gasteiger partial charge on any atom is 0.322 e. The molecule has 0 bridgehead atoms. The lowest BCUT2D eigenvalue weighted by atomic mass is 9.96. The average Bonchev–Trinajstić information content (AvgIpc) is 2.88. The number of fused-ring (bicyclic) bond motifs is 1. The average molecular weight is 475 g/mol. The number of likely N-dealkylation sites (N-methyl/N-ethyl adjacent to an activating group) is 1. The number of amides is 2. The molecule has 0 aliphatic carbocycles. The van der Waals surface area contributed by atoms with Crippen LogP contribution >= 0.6 is 0 Å². The van der Waals surface area contributed by atoms with Crippen molar-refractivity contribution in [3.05, 3.63) is 53.7 Å². The first-order valence-electron chi connectivity index (χ1n) is 11.7. The lowest BCUT2D eigenvalue weighted by Crippen LogP contribution is -2.44. The molecular weight excluding hydrogens is 444 g/mol. The summed E-state index contributed by atoms with van der Waals surface area (Å²) in [5, 5.41) is 2.92. The van der Waals surface area contributed by atoms with E-state index in [9.17, 15) is 4.79 Å². The number of nitrogens with two attached hydrogens (primary N) is 1. The Morgan fingerprint density at radius 1 is 1.03 bits per heavy atom. The number of pyridine rings is 1. The first-order chi connectivity index (χ1) is 17.0. The van der Waals surface area contributed by atoms with Crippen LogP contribution in [-0.4, -0.2) is 77.7 Å². The van der Waals surface area contributed by atoms with Gasteiger partial charge in [0.15, 0.2) is 0 Å². The Bertz CT molecular complexity index is 1210. The van der Waals surface area contributed by atoms with Crippen molar-refractivity contribution < 1.29 is 9.53 Å². The van der Waals surface area contributed by atoms with Crippen LogP contribution in [0.4, 0.5) is 22.2 Å². The highest BCUT2D eigenvalue weighted by Gasteiger charge is 2.22. The number of ether oxygens (including phenoxy) is 1. The zero-order chi connectivity index (χ0) is 24.4. The largest absolute Gasteiger partial charge is 0.481 e. The minimum absolute atomic E-state index is 0.156. The van der Waals surface area contributed by atoms with Crippen molar-refractivity contribution in [2.75, 3.05) is 62.8 Å². The number of aromatic nitrogens is 3. The molecule has 182 valence electrons. The predicted octanol–water partition coefficient (Wildman–Crippen LogP) is 2.47. The van der Waals surface area contributed by atoms with E-state index in [4.69, 9.17) is 10.5 Å². The summed E-state index contributed by atoms with van der Waals surface area (Å²) in [5.41, 5.74) is 10.8. The second-order valence-electron chi connectivity index (χ2n) is 8.93. The summed E-state index contributed by atoms with van der Waals surface area (Å²) in [4.78, 5) is 32.4. The van der Waals surface area contributed by atoms with Crippen molar-refractivity contribution in [1.82, 2.24) is 24.8 Å². The van der Waals surface area contributed by atoms with Crippen LogP contribution in [0.2, 0.25) is 0 Å². The van der Waals surface area contributed by atoms with Gasteiger partial charge in [0.1, 0.15) is 5.82 Å². The molecule has 2 aliphatic heterocycles. The standard InChI is InChI=1S/C25H30N8O2/c1-31-9-11-32(12-10-31)22-14-21(29-24(26)30-22)18-4-3-17-7-8-33(16-19(17)13-18)25(34)28-20-5-6-23(35-2)27-15-20/h3-6,13-15H,7-12,16H2,1-2H3,(H,28,34)(H2,26,29,30). The normalized spacial score (nSPS) is 16.1. The molecule has 5 rings (SSSR count). The Balaban J connectivity index is 1.33. The highest BCUT2D eigenvalue weighted by atomic mass is 16.5. The van der Waals surface area contributed by atoms with Crippen molar-refractivity contribution in [2.24, 2.45) is 0 Å². The number of urea groups is 1. The van der Waals surface area contributed by atoms with Crippen LogP contribution in [0.1, 0.15) is 11.1 Å². The minimum Gasteiger partial charge on any atom is -0.481 e. The molecule has 0 atom stereocenters. The Hall–Kier alpha value is -3.92. The molecule has 1 fully saturated rings. The number of nitrogen functional groups attached to an aromatic ring is 1. The molecular formula is C25H30N8O2. The summed E-state index contributed by atoms with van der Waals surface area (Å²) in [6, 6.07) is 11.7. The quantitative estimate of drug-likeness (QED) is 0.593. The summed E-state index contributed by atoms with van der Waals surface area (Å²) < 4.78 is 5.07. The van der Waals surface area contributed by atoms with Crippen molar-refractivity contribution in [3.63, 3.8) is 0 Å². The molecule has 2 aromatic heterocycles. The zero-order valence-electron chi connectivity index (χ0n) is 20.1. The third kappa shape index (κ3) is 5.12. The molecule has 1 aromatic carbocycles. The molecule has 0 unspecified atom stereocenters. The van der Waals surface area contributed by atoms with Gasteiger partial charge in [-0.15, -0.1) is 0 Å². The van der Waals surface area contributed by atoms with Crippen molar-refractivity contribution in [2.45, 2.75) is 13.0 Å². The molecule has 10 heteroatoms. The summed E-state index contributed by atoms with van der Waals surface area (Å²) in [6.07, 6.45) is 2.38. The van der Waals surface area contributed by atoms with Crippen LogP contribution in [0, 0.1) is 0 Å². The van der Waals surface area contributed by atoms with Crippen molar-refractivity contribution >= 4 is 23.5 Å². The van der Waals surface area contributed by atoms with Gasteiger partial charge < -0.3 is 30.5 Å². The molecule has 1 saturated heterocycles. The van der Waals surface area contributed by atoms with Gasteiger partial charge >= 0.3 is 6.03 Å². The second kappa shape index (κ2) is 9.75. The zero-order valence-corrected chi connectivity index (χ0v) is 20.1. The van der Waals surface area contributed by atoms with E-state index < -0.39 is 0 Å². The number of methoxy groups -OCH3 is 1. The molecule has 0 spiro atoms. The van der Waals surface area contributed by atoms with Gasteiger partial charge in [0.05, 0.1) is 24.7 Å². The first-order valence-corrected chi connectivity index (χ1v) is 11.7. The van der Waals surface area contributed by atoms with E-state index in [2.05, 4.69) is 55.3 Å². The molecule has 0 saturated carbocycles. The van der Waals surface area contributed by atoms with E-state index in [-0.39, 0.29) is 12.0 Å². The highest BCUT2D eigenvalue weighted by Crippen LogP contribution is 2.28. The van der Waals surface area contributed by atoms with Gasteiger partial charge in [0.25, 0.3) is 0 Å². The van der Waals surface area contributed by atoms with E-state index in [1.165, 1.54) is 5.56 Å². The van der Waals surface area contributed by atoms with Crippen molar-refractivity contribution in [1.29, 1.82) is 0 Å². The Morgan fingerprint density at radius 2 is 1.86 bits per heavy atom. The van der Waals surface area contributed by atoms with Gasteiger partial charge in [-0.25, -0.2) is 14.8 Å².